The summed E-state index contributed by atoms with van der Waals surface area (Å²) in [6.07, 6.45) is 7.60. The minimum Gasteiger partial charge on any atom is -0.461 e. The number of carbonyl (C=O) groups excluding carboxylic acids is 3. The Balaban J connectivity index is 0.903. The molecule has 12 heteroatoms. The molecule has 4 aliphatic carbocycles. The predicted octanol–water partition coefficient (Wildman–Crippen LogP) is 10.2. The van der Waals surface area contributed by atoms with Gasteiger partial charge in [-0.3, -0.25) is 18.9 Å². The third-order valence-corrected chi connectivity index (χ3v) is 17.9. The van der Waals surface area contributed by atoms with Gasteiger partial charge in [-0.15, -0.1) is 0 Å². The summed E-state index contributed by atoms with van der Waals surface area (Å²) in [5, 5.41) is 22.4. The molecule has 4 saturated carbocycles. The molecule has 0 spiro atoms. The van der Waals surface area contributed by atoms with Crippen molar-refractivity contribution >= 4 is 25.5 Å². The highest BCUT2D eigenvalue weighted by Crippen LogP contribution is 2.68. The summed E-state index contributed by atoms with van der Waals surface area (Å²) in [5.41, 5.74) is 2.29. The van der Waals surface area contributed by atoms with Gasteiger partial charge in [-0.05, 0) is 127 Å². The zero-order chi connectivity index (χ0) is 45.3. The molecule has 0 heterocycles. The third kappa shape index (κ3) is 11.6. The fraction of sp³-hybridized carbons (Fsp3) is 0.596. The lowest BCUT2D eigenvalue weighted by Crippen LogP contribution is -2.58. The van der Waals surface area contributed by atoms with Crippen molar-refractivity contribution in [1.29, 1.82) is 0 Å². The molecular weight excluding hydrogens is 832 g/mol. The summed E-state index contributed by atoms with van der Waals surface area (Å²) in [5.74, 6) is -0.323. The minimum absolute atomic E-state index is 0.0102. The van der Waals surface area contributed by atoms with Gasteiger partial charge < -0.3 is 33.5 Å². The molecule has 11 atom stereocenters. The molecule has 11 nitrogen and oxygen atoms in total. The number of benzene rings is 3. The Morgan fingerprint density at radius 1 is 0.688 bits per heavy atom. The summed E-state index contributed by atoms with van der Waals surface area (Å²) in [6, 6.07) is 27.7. The first-order valence-electron chi connectivity index (χ1n) is 23.6. The van der Waals surface area contributed by atoms with Gasteiger partial charge in [-0.25, -0.2) is 0 Å². The standard InChI is InChI=1S/C52H69O11P/c1-36(44-23-24-45-43-22-21-41-29-42(53)27-28-51(41,2)46(43)30-47(54)52(44,45)3)19-25-48(55)60-35-61-49(56)26-20-40(50(57)59-31-37-13-7-4-8-14-37)34-64(58,62-32-38-15-9-5-10-16-38)63-33-39-17-11-6-12-18-39/h4-18,36,40-47,53-54H,19-35H2,1-3H3/t36-,40?,41?,42-,43?,44?,45?,46?,47+,51+,52-/m1/s1. The molecule has 2 N–H and O–H groups in total. The Morgan fingerprint density at radius 3 is 1.84 bits per heavy atom. The lowest BCUT2D eigenvalue weighted by atomic mass is 9.43. The van der Waals surface area contributed by atoms with Gasteiger partial charge >= 0.3 is 25.5 Å². The number of fused-ring (bicyclic) bond motifs is 5. The van der Waals surface area contributed by atoms with E-state index < -0.39 is 44.3 Å². The molecule has 0 amide bonds. The minimum atomic E-state index is -3.95. The first-order chi connectivity index (χ1) is 30.8. The normalized spacial score (nSPS) is 29.6. The van der Waals surface area contributed by atoms with Crippen molar-refractivity contribution in [3.8, 4) is 0 Å². The van der Waals surface area contributed by atoms with Crippen LogP contribution in [0, 0.1) is 52.3 Å². The summed E-state index contributed by atoms with van der Waals surface area (Å²) < 4.78 is 42.7. The Labute approximate surface area is 379 Å². The molecule has 0 radical (unpaired) electrons. The van der Waals surface area contributed by atoms with Crippen molar-refractivity contribution in [3.63, 3.8) is 0 Å². The Hall–Kier alpha value is -3.86. The van der Waals surface area contributed by atoms with E-state index in [1.807, 2.05) is 91.0 Å². The van der Waals surface area contributed by atoms with Crippen molar-refractivity contribution in [1.82, 2.24) is 0 Å². The SMILES string of the molecule is C[C@H](CCC(=O)OCOC(=O)CCC(CP(=O)(OCc1ccccc1)OCc1ccccc1)C(=O)OCc1ccccc1)C1CCC2C3CCC4C[C@H](O)CC[C@]4(C)C3C[C@H](O)[C@@]21C. The van der Waals surface area contributed by atoms with Gasteiger partial charge in [0.05, 0.1) is 37.5 Å². The summed E-state index contributed by atoms with van der Waals surface area (Å²) in [4.78, 5) is 39.7. The molecule has 7 rings (SSSR count). The third-order valence-electron chi connectivity index (χ3n) is 16.0. The maximum absolute atomic E-state index is 14.4. The quantitative estimate of drug-likeness (QED) is 0.0632. The van der Waals surface area contributed by atoms with Crippen molar-refractivity contribution in [3.05, 3.63) is 108 Å². The van der Waals surface area contributed by atoms with Crippen LogP contribution in [0.3, 0.4) is 0 Å². The number of ether oxygens (including phenoxy) is 3. The lowest BCUT2D eigenvalue weighted by Gasteiger charge is -2.62. The average molecular weight is 901 g/mol. The van der Waals surface area contributed by atoms with Crippen LogP contribution >= 0.6 is 7.60 Å². The van der Waals surface area contributed by atoms with E-state index in [4.69, 9.17) is 23.3 Å². The molecule has 0 saturated heterocycles. The second kappa shape index (κ2) is 21.6. The van der Waals surface area contributed by atoms with Gasteiger partial charge in [-0.2, -0.15) is 0 Å². The van der Waals surface area contributed by atoms with E-state index in [2.05, 4.69) is 20.8 Å². The maximum atomic E-state index is 14.4. The molecule has 4 aliphatic rings. The second-order valence-corrected chi connectivity index (χ2v) is 21.8. The van der Waals surface area contributed by atoms with Crippen LogP contribution in [0.15, 0.2) is 91.0 Å². The second-order valence-electron chi connectivity index (χ2n) is 19.7. The van der Waals surface area contributed by atoms with Crippen LogP contribution in [0.2, 0.25) is 0 Å². The highest BCUT2D eigenvalue weighted by Gasteiger charge is 2.63. The predicted molar refractivity (Wildman–Crippen MR) is 242 cm³/mol. The van der Waals surface area contributed by atoms with E-state index in [0.29, 0.717) is 30.1 Å². The van der Waals surface area contributed by atoms with E-state index in [9.17, 15) is 29.2 Å². The van der Waals surface area contributed by atoms with Gasteiger partial charge in [0.2, 0.25) is 6.79 Å². The number of rotatable bonds is 20. The van der Waals surface area contributed by atoms with Crippen LogP contribution in [0.1, 0.15) is 115 Å². The lowest BCUT2D eigenvalue weighted by molar-refractivity contribution is -0.175. The molecule has 0 aliphatic heterocycles. The van der Waals surface area contributed by atoms with Crippen LogP contribution in [0.4, 0.5) is 0 Å². The molecule has 6 unspecified atom stereocenters. The number of esters is 3. The number of aliphatic hydroxyl groups is 2. The highest BCUT2D eigenvalue weighted by molar-refractivity contribution is 7.53. The molecule has 3 aromatic carbocycles. The van der Waals surface area contributed by atoms with E-state index in [0.717, 1.165) is 61.6 Å². The number of hydrogen-bond acceptors (Lipinski definition) is 11. The summed E-state index contributed by atoms with van der Waals surface area (Å²) in [6.45, 7) is 6.32. The fourth-order valence-corrected chi connectivity index (χ4v) is 14.2. The molecular formula is C52H69O11P. The molecule has 3 aromatic rings. The molecule has 64 heavy (non-hydrogen) atoms. The van der Waals surface area contributed by atoms with Crippen LogP contribution in [0.5, 0.6) is 0 Å². The van der Waals surface area contributed by atoms with E-state index in [-0.39, 0.29) is 74.0 Å². The number of aliphatic hydroxyl groups excluding tert-OH is 2. The number of carbonyl (C=O) groups is 3. The molecule has 4 fully saturated rings. The maximum Gasteiger partial charge on any atom is 0.332 e. The number of hydrogen-bond donors (Lipinski definition) is 2. The topological polar surface area (TPSA) is 155 Å². The van der Waals surface area contributed by atoms with Crippen LogP contribution in [0.25, 0.3) is 0 Å². The van der Waals surface area contributed by atoms with Crippen molar-refractivity contribution in [2.45, 2.75) is 130 Å². The Morgan fingerprint density at radius 2 is 1.25 bits per heavy atom. The van der Waals surface area contributed by atoms with Gasteiger partial charge in [0.15, 0.2) is 0 Å². The highest BCUT2D eigenvalue weighted by atomic mass is 31.2. The first-order valence-corrected chi connectivity index (χ1v) is 25.3. The molecule has 348 valence electrons. The van der Waals surface area contributed by atoms with Crippen molar-refractivity contribution in [2.75, 3.05) is 13.0 Å². The zero-order valence-electron chi connectivity index (χ0n) is 37.9. The van der Waals surface area contributed by atoms with Crippen LogP contribution in [-0.2, 0) is 62.0 Å². The van der Waals surface area contributed by atoms with Crippen LogP contribution < -0.4 is 0 Å². The zero-order valence-corrected chi connectivity index (χ0v) is 38.8. The van der Waals surface area contributed by atoms with E-state index in [1.54, 1.807) is 0 Å². The summed E-state index contributed by atoms with van der Waals surface area (Å²) >= 11 is 0. The van der Waals surface area contributed by atoms with Gasteiger partial charge in [-0.1, -0.05) is 112 Å². The molecule has 0 aromatic heterocycles. The Kier molecular flexibility index (Phi) is 16.2. The Bertz CT molecular complexity index is 1980. The summed E-state index contributed by atoms with van der Waals surface area (Å²) in [7, 11) is -3.95. The first kappa shape index (κ1) is 48.1. The van der Waals surface area contributed by atoms with Gasteiger partial charge in [0, 0.05) is 12.8 Å². The largest absolute Gasteiger partial charge is 0.461 e. The smallest absolute Gasteiger partial charge is 0.332 e. The molecule has 0 bridgehead atoms. The van der Waals surface area contributed by atoms with E-state index >= 15 is 0 Å². The monoisotopic (exact) mass is 900 g/mol. The van der Waals surface area contributed by atoms with Gasteiger partial charge in [0.1, 0.15) is 6.61 Å². The van der Waals surface area contributed by atoms with Crippen molar-refractivity contribution in [2.24, 2.45) is 52.3 Å². The fourth-order valence-electron chi connectivity index (χ4n) is 12.3. The van der Waals surface area contributed by atoms with Gasteiger partial charge in [0.25, 0.3) is 0 Å². The average Bonchev–Trinajstić information content (AvgIpc) is 3.67. The van der Waals surface area contributed by atoms with Crippen LogP contribution in [-0.4, -0.2) is 53.3 Å². The van der Waals surface area contributed by atoms with E-state index in [1.165, 1.54) is 6.42 Å². The van der Waals surface area contributed by atoms with Crippen molar-refractivity contribution < 1.29 is 52.4 Å².